The van der Waals surface area contributed by atoms with E-state index in [0.717, 1.165) is 12.1 Å². The van der Waals surface area contributed by atoms with Crippen molar-refractivity contribution in [3.63, 3.8) is 0 Å². The molecule has 0 fully saturated rings. The number of nitrogens with one attached hydrogen (secondary N) is 1. The lowest BCUT2D eigenvalue weighted by atomic mass is 10.1. The van der Waals surface area contributed by atoms with Gasteiger partial charge in [-0.15, -0.1) is 0 Å². The zero-order valence-corrected chi connectivity index (χ0v) is 12.2. The lowest BCUT2D eigenvalue weighted by Gasteiger charge is -2.32. The van der Waals surface area contributed by atoms with Crippen molar-refractivity contribution in [2.45, 2.75) is 18.8 Å². The molecule has 130 valence electrons. The maximum absolute atomic E-state index is 13.2. The number of hydrogen-bond acceptors (Lipinski definition) is 6. The number of ether oxygens (including phenoxy) is 1. The summed E-state index contributed by atoms with van der Waals surface area (Å²) in [5.41, 5.74) is -2.27. The Morgan fingerprint density at radius 2 is 2.17 bits per heavy atom. The van der Waals surface area contributed by atoms with Crippen molar-refractivity contribution in [1.82, 2.24) is 10.4 Å². The predicted octanol–water partition coefficient (Wildman–Crippen LogP) is 2.16. The molecular weight excluding hydrogens is 335 g/mol. The zero-order chi connectivity index (χ0) is 18.1. The molecule has 0 spiro atoms. The molecule has 0 saturated carbocycles. The van der Waals surface area contributed by atoms with E-state index in [-0.39, 0.29) is 28.6 Å². The van der Waals surface area contributed by atoms with Crippen molar-refractivity contribution in [3.05, 3.63) is 46.0 Å². The van der Waals surface area contributed by atoms with Crippen molar-refractivity contribution in [1.29, 1.82) is 0 Å². The molecule has 11 heteroatoms. The maximum Gasteiger partial charge on any atom is 0.442 e. The Morgan fingerprint density at radius 3 is 2.71 bits per heavy atom. The van der Waals surface area contributed by atoms with Crippen LogP contribution < -0.4 is 5.43 Å². The molecule has 1 amide bonds. The van der Waals surface area contributed by atoms with E-state index in [9.17, 15) is 33.2 Å². The van der Waals surface area contributed by atoms with Crippen LogP contribution in [0.1, 0.15) is 12.5 Å². The Bertz CT molecular complexity index is 706. The minimum absolute atomic E-state index is 0.0151. The Balaban J connectivity index is 2.46. The molecule has 0 aliphatic carbocycles. The van der Waals surface area contributed by atoms with Crippen molar-refractivity contribution in [2.24, 2.45) is 0 Å². The number of nitro groups is 1. The lowest BCUT2D eigenvalue weighted by molar-refractivity contribution is -0.384. The first kappa shape index (κ1) is 17.5. The van der Waals surface area contributed by atoms with Gasteiger partial charge in [0, 0.05) is 23.8 Å². The van der Waals surface area contributed by atoms with Gasteiger partial charge in [-0.3, -0.25) is 15.5 Å². The second-order valence-corrected chi connectivity index (χ2v) is 4.74. The van der Waals surface area contributed by atoms with Gasteiger partial charge < -0.3 is 9.84 Å². The molecule has 1 aliphatic heterocycles. The summed E-state index contributed by atoms with van der Waals surface area (Å²) in [7, 11) is 0. The molecule has 2 N–H and O–H groups in total. The molecule has 1 atom stereocenters. The highest BCUT2D eigenvalue weighted by Gasteiger charge is 2.62. The summed E-state index contributed by atoms with van der Waals surface area (Å²) < 4.78 is 44.1. The predicted molar refractivity (Wildman–Crippen MR) is 74.1 cm³/mol. The van der Waals surface area contributed by atoms with Gasteiger partial charge in [0.15, 0.2) is 0 Å². The standard InChI is InChI=1S/C13H12F3N3O5/c1-2-24-11(20)18-12(21,13(14,15)16)7-10(17-18)8-4-3-5-9(6-8)19(22)23/h3-7,17,21H,2H2,1H3. The number of nitrogens with zero attached hydrogens (tertiary/aromatic N) is 2. The van der Waals surface area contributed by atoms with E-state index in [1.165, 1.54) is 19.1 Å². The van der Waals surface area contributed by atoms with E-state index in [0.29, 0.717) is 6.08 Å². The third kappa shape index (κ3) is 2.97. The molecule has 2 rings (SSSR count). The third-order valence-corrected chi connectivity index (χ3v) is 3.15. The van der Waals surface area contributed by atoms with E-state index in [4.69, 9.17) is 0 Å². The number of carbonyl (C=O) groups is 1. The third-order valence-electron chi connectivity index (χ3n) is 3.15. The normalized spacial score (nSPS) is 20.4. The van der Waals surface area contributed by atoms with Gasteiger partial charge in [-0.25, -0.2) is 4.79 Å². The van der Waals surface area contributed by atoms with Crippen LogP contribution in [0, 0.1) is 10.1 Å². The number of aliphatic hydroxyl groups is 1. The van der Waals surface area contributed by atoms with Gasteiger partial charge in [0.1, 0.15) is 0 Å². The van der Waals surface area contributed by atoms with Crippen LogP contribution in [-0.2, 0) is 4.74 Å². The van der Waals surface area contributed by atoms with Crippen LogP contribution in [0.25, 0.3) is 5.70 Å². The number of halogens is 3. The minimum atomic E-state index is -5.23. The number of amides is 1. The van der Waals surface area contributed by atoms with Crippen LogP contribution in [-0.4, -0.2) is 39.6 Å². The molecule has 0 radical (unpaired) electrons. The van der Waals surface area contributed by atoms with E-state index in [1.54, 1.807) is 0 Å². The number of benzene rings is 1. The van der Waals surface area contributed by atoms with Crippen molar-refractivity contribution < 1.29 is 32.7 Å². The summed E-state index contributed by atoms with van der Waals surface area (Å²) in [5, 5.41) is 20.6. The summed E-state index contributed by atoms with van der Waals surface area (Å²) >= 11 is 0. The molecule has 24 heavy (non-hydrogen) atoms. The summed E-state index contributed by atoms with van der Waals surface area (Å²) in [6, 6.07) is 4.70. The monoisotopic (exact) mass is 347 g/mol. The average Bonchev–Trinajstić information content (AvgIpc) is 2.87. The quantitative estimate of drug-likeness (QED) is 0.641. The molecule has 1 aliphatic rings. The van der Waals surface area contributed by atoms with Gasteiger partial charge in [0.25, 0.3) is 11.4 Å². The fourth-order valence-corrected chi connectivity index (χ4v) is 2.02. The molecule has 0 bridgehead atoms. The van der Waals surface area contributed by atoms with Gasteiger partial charge in [-0.05, 0) is 6.92 Å². The van der Waals surface area contributed by atoms with Gasteiger partial charge in [0.2, 0.25) is 0 Å². The summed E-state index contributed by atoms with van der Waals surface area (Å²) in [6.07, 6.45) is -6.33. The SMILES string of the molecule is CCOC(=O)N1NC(c2cccc([N+](=O)[O-])c2)=CC1(O)C(F)(F)F. The van der Waals surface area contributed by atoms with Gasteiger partial charge in [-0.1, -0.05) is 12.1 Å². The van der Waals surface area contributed by atoms with Crippen LogP contribution in [0.5, 0.6) is 0 Å². The molecule has 1 aromatic carbocycles. The number of nitro benzene ring substituents is 1. The number of alkyl halides is 3. The molecule has 0 aromatic heterocycles. The molecular formula is C13H12F3N3O5. The van der Waals surface area contributed by atoms with E-state index < -0.39 is 22.9 Å². The summed E-state index contributed by atoms with van der Waals surface area (Å²) in [4.78, 5) is 21.7. The summed E-state index contributed by atoms with van der Waals surface area (Å²) in [5.74, 6) is 0. The van der Waals surface area contributed by atoms with E-state index in [1.807, 2.05) is 0 Å². The van der Waals surface area contributed by atoms with Crippen molar-refractivity contribution in [2.75, 3.05) is 6.61 Å². The van der Waals surface area contributed by atoms with Crippen LogP contribution in [0.2, 0.25) is 0 Å². The van der Waals surface area contributed by atoms with Crippen LogP contribution >= 0.6 is 0 Å². The molecule has 0 saturated heterocycles. The number of carbonyl (C=O) groups excluding carboxylic acids is 1. The fourth-order valence-electron chi connectivity index (χ4n) is 2.02. The Kier molecular flexibility index (Phi) is 4.38. The Labute approximate surface area is 133 Å². The first-order chi connectivity index (χ1) is 11.1. The largest absolute Gasteiger partial charge is 0.448 e. The van der Waals surface area contributed by atoms with Gasteiger partial charge in [-0.2, -0.15) is 18.2 Å². The Morgan fingerprint density at radius 1 is 1.50 bits per heavy atom. The number of non-ortho nitro benzene ring substituents is 1. The molecule has 1 heterocycles. The number of hydrogen-bond donors (Lipinski definition) is 2. The smallest absolute Gasteiger partial charge is 0.442 e. The van der Waals surface area contributed by atoms with E-state index >= 15 is 0 Å². The first-order valence-electron chi connectivity index (χ1n) is 6.60. The van der Waals surface area contributed by atoms with Gasteiger partial charge >= 0.3 is 12.3 Å². The fraction of sp³-hybridized carbons (Fsp3) is 0.308. The highest BCUT2D eigenvalue weighted by molar-refractivity contribution is 5.77. The number of hydrazine groups is 1. The van der Waals surface area contributed by atoms with Crippen molar-refractivity contribution >= 4 is 17.5 Å². The maximum atomic E-state index is 13.2. The molecule has 8 nitrogen and oxygen atoms in total. The minimum Gasteiger partial charge on any atom is -0.448 e. The second kappa shape index (κ2) is 6.00. The number of rotatable bonds is 3. The molecule has 1 aromatic rings. The van der Waals surface area contributed by atoms with Crippen LogP contribution in [0.15, 0.2) is 30.3 Å². The Hall–Kier alpha value is -2.82. The highest BCUT2D eigenvalue weighted by atomic mass is 19.4. The zero-order valence-electron chi connectivity index (χ0n) is 12.2. The highest BCUT2D eigenvalue weighted by Crippen LogP contribution is 2.40. The topological polar surface area (TPSA) is 105 Å². The second-order valence-electron chi connectivity index (χ2n) is 4.74. The summed E-state index contributed by atoms with van der Waals surface area (Å²) in [6.45, 7) is 1.17. The van der Waals surface area contributed by atoms with Crippen molar-refractivity contribution in [3.8, 4) is 0 Å². The van der Waals surface area contributed by atoms with Crippen LogP contribution in [0.4, 0.5) is 23.7 Å². The van der Waals surface area contributed by atoms with Gasteiger partial charge in [0.05, 0.1) is 17.2 Å². The van der Waals surface area contributed by atoms with E-state index in [2.05, 4.69) is 10.2 Å². The first-order valence-corrected chi connectivity index (χ1v) is 6.60. The average molecular weight is 347 g/mol. The van der Waals surface area contributed by atoms with Crippen LogP contribution in [0.3, 0.4) is 0 Å². The lowest BCUT2D eigenvalue weighted by Crippen LogP contribution is -2.60. The molecule has 1 unspecified atom stereocenters.